The lowest BCUT2D eigenvalue weighted by Gasteiger charge is -2.14. The number of carbonyl (C=O) groups is 1. The summed E-state index contributed by atoms with van der Waals surface area (Å²) in [5, 5.41) is 12.5. The molecule has 3 rings (SSSR count). The van der Waals surface area contributed by atoms with Gasteiger partial charge in [0.05, 0.1) is 16.8 Å². The van der Waals surface area contributed by atoms with Gasteiger partial charge in [-0.05, 0) is 24.6 Å². The van der Waals surface area contributed by atoms with Crippen molar-refractivity contribution < 1.29 is 9.53 Å². The number of carbonyl (C=O) groups excluding carboxylic acids is 1. The van der Waals surface area contributed by atoms with E-state index in [0.717, 1.165) is 5.56 Å². The monoisotopic (exact) mass is 416 g/mol. The van der Waals surface area contributed by atoms with E-state index in [4.69, 9.17) is 16.3 Å². The molecule has 1 N–H and O–H groups in total. The summed E-state index contributed by atoms with van der Waals surface area (Å²) in [5.74, 6) is 1.45. The number of nitrogens with zero attached hydrogens (tertiary/aromatic N) is 3. The van der Waals surface area contributed by atoms with Crippen LogP contribution in [0.15, 0.2) is 59.8 Å². The molecule has 146 valence electrons. The molecule has 0 aliphatic carbocycles. The summed E-state index contributed by atoms with van der Waals surface area (Å²) in [6.07, 6.45) is 0. The summed E-state index contributed by atoms with van der Waals surface area (Å²) in [4.78, 5) is 12.2. The van der Waals surface area contributed by atoms with Crippen LogP contribution in [-0.4, -0.2) is 26.4 Å². The Labute approximate surface area is 173 Å². The normalized spacial score (nSPS) is 11.8. The fourth-order valence-corrected chi connectivity index (χ4v) is 3.47. The van der Waals surface area contributed by atoms with Gasteiger partial charge in [-0.15, -0.1) is 10.2 Å². The molecule has 1 atom stereocenters. The minimum absolute atomic E-state index is 0.0478. The van der Waals surface area contributed by atoms with E-state index in [1.165, 1.54) is 11.8 Å². The topological polar surface area (TPSA) is 69.0 Å². The first-order valence-corrected chi connectivity index (χ1v) is 10.1. The summed E-state index contributed by atoms with van der Waals surface area (Å²) in [6, 6.07) is 17.1. The first-order valence-electron chi connectivity index (χ1n) is 8.77. The van der Waals surface area contributed by atoms with Gasteiger partial charge in [-0.3, -0.25) is 4.79 Å². The first-order chi connectivity index (χ1) is 13.5. The highest BCUT2D eigenvalue weighted by Gasteiger charge is 2.14. The first kappa shape index (κ1) is 20.2. The Hall–Kier alpha value is -2.51. The second-order valence-electron chi connectivity index (χ2n) is 6.17. The maximum atomic E-state index is 12.2. The largest absolute Gasteiger partial charge is 0.484 e. The molecule has 28 heavy (non-hydrogen) atoms. The molecular weight excluding hydrogens is 396 g/mol. The molecule has 0 fully saturated rings. The number of aromatic nitrogens is 3. The zero-order valence-electron chi connectivity index (χ0n) is 15.6. The van der Waals surface area contributed by atoms with Crippen LogP contribution in [0, 0.1) is 0 Å². The van der Waals surface area contributed by atoms with E-state index in [1.54, 1.807) is 12.1 Å². The van der Waals surface area contributed by atoms with Gasteiger partial charge in [0.1, 0.15) is 12.4 Å². The average Bonchev–Trinajstić information content (AvgIpc) is 3.06. The smallest absolute Gasteiger partial charge is 0.230 e. The SMILES string of the molecule is C[C@@H](NC(=O)CSc1nnc(COc2ccccc2Cl)n1C)c1ccccc1. The lowest BCUT2D eigenvalue weighted by atomic mass is 10.1. The summed E-state index contributed by atoms with van der Waals surface area (Å²) in [7, 11) is 1.85. The molecule has 1 amide bonds. The van der Waals surface area contributed by atoms with Gasteiger partial charge in [0, 0.05) is 7.05 Å². The zero-order valence-corrected chi connectivity index (χ0v) is 17.2. The van der Waals surface area contributed by atoms with Gasteiger partial charge in [-0.2, -0.15) is 0 Å². The molecule has 1 heterocycles. The molecule has 0 unspecified atom stereocenters. The van der Waals surface area contributed by atoms with Crippen molar-refractivity contribution in [3.63, 3.8) is 0 Å². The quantitative estimate of drug-likeness (QED) is 0.562. The molecule has 1 aromatic heterocycles. The minimum atomic E-state index is -0.0572. The van der Waals surface area contributed by atoms with Gasteiger partial charge in [0.2, 0.25) is 5.91 Å². The zero-order chi connectivity index (χ0) is 19.9. The van der Waals surface area contributed by atoms with Crippen LogP contribution in [0.5, 0.6) is 5.75 Å². The molecule has 0 saturated heterocycles. The highest BCUT2D eigenvalue weighted by atomic mass is 35.5. The number of benzene rings is 2. The van der Waals surface area contributed by atoms with E-state index in [0.29, 0.717) is 21.8 Å². The van der Waals surface area contributed by atoms with Gasteiger partial charge in [-0.1, -0.05) is 65.8 Å². The van der Waals surface area contributed by atoms with Crippen LogP contribution in [0.2, 0.25) is 5.02 Å². The van der Waals surface area contributed by atoms with Gasteiger partial charge in [0.15, 0.2) is 11.0 Å². The number of ether oxygens (including phenoxy) is 1. The Kier molecular flexibility index (Phi) is 6.95. The molecule has 0 bridgehead atoms. The van der Waals surface area contributed by atoms with Crippen LogP contribution in [0.1, 0.15) is 24.4 Å². The Bertz CT molecular complexity index is 933. The van der Waals surface area contributed by atoms with Gasteiger partial charge < -0.3 is 14.6 Å². The van der Waals surface area contributed by atoms with E-state index in [-0.39, 0.29) is 24.3 Å². The van der Waals surface area contributed by atoms with E-state index in [1.807, 2.05) is 61.0 Å². The summed E-state index contributed by atoms with van der Waals surface area (Å²) in [5.41, 5.74) is 1.07. The van der Waals surface area contributed by atoms with Crippen molar-refractivity contribution in [2.75, 3.05) is 5.75 Å². The van der Waals surface area contributed by atoms with Crippen LogP contribution < -0.4 is 10.1 Å². The molecule has 0 radical (unpaired) electrons. The van der Waals surface area contributed by atoms with Crippen molar-refractivity contribution in [3.8, 4) is 5.75 Å². The van der Waals surface area contributed by atoms with Crippen LogP contribution in [0.3, 0.4) is 0 Å². The second-order valence-corrected chi connectivity index (χ2v) is 7.52. The number of amides is 1. The van der Waals surface area contributed by atoms with Crippen LogP contribution >= 0.6 is 23.4 Å². The number of nitrogens with one attached hydrogen (secondary N) is 1. The van der Waals surface area contributed by atoms with E-state index >= 15 is 0 Å². The number of rotatable bonds is 8. The Morgan fingerprint density at radius 2 is 1.89 bits per heavy atom. The Morgan fingerprint density at radius 3 is 2.64 bits per heavy atom. The molecule has 0 aliphatic heterocycles. The predicted octanol–water partition coefficient (Wildman–Crippen LogP) is 4.02. The van der Waals surface area contributed by atoms with Crippen LogP contribution in [0.25, 0.3) is 0 Å². The lowest BCUT2D eigenvalue weighted by molar-refractivity contribution is -0.119. The van der Waals surface area contributed by atoms with Crippen LogP contribution in [-0.2, 0) is 18.4 Å². The Balaban J connectivity index is 1.51. The third-order valence-corrected chi connectivity index (χ3v) is 5.46. The molecule has 0 spiro atoms. The molecular formula is C20H21ClN4O2S. The van der Waals surface area contributed by atoms with E-state index in [9.17, 15) is 4.79 Å². The number of hydrogen-bond donors (Lipinski definition) is 1. The molecule has 3 aromatic rings. The molecule has 2 aromatic carbocycles. The summed E-state index contributed by atoms with van der Waals surface area (Å²) in [6.45, 7) is 2.20. The van der Waals surface area contributed by atoms with E-state index in [2.05, 4.69) is 15.5 Å². The van der Waals surface area contributed by atoms with Crippen molar-refractivity contribution >= 4 is 29.3 Å². The summed E-state index contributed by atoms with van der Waals surface area (Å²) < 4.78 is 7.52. The maximum absolute atomic E-state index is 12.2. The third-order valence-electron chi connectivity index (χ3n) is 4.13. The van der Waals surface area contributed by atoms with Gasteiger partial charge in [-0.25, -0.2) is 0 Å². The van der Waals surface area contributed by atoms with Crippen molar-refractivity contribution in [3.05, 3.63) is 71.0 Å². The van der Waals surface area contributed by atoms with Crippen molar-refractivity contribution in [1.29, 1.82) is 0 Å². The summed E-state index contributed by atoms with van der Waals surface area (Å²) >= 11 is 7.42. The molecule has 6 nitrogen and oxygen atoms in total. The molecule has 0 saturated carbocycles. The predicted molar refractivity (Wildman–Crippen MR) is 111 cm³/mol. The molecule has 8 heteroatoms. The number of thioether (sulfide) groups is 1. The Morgan fingerprint density at radius 1 is 1.18 bits per heavy atom. The fourth-order valence-electron chi connectivity index (χ4n) is 2.54. The highest BCUT2D eigenvalue weighted by Crippen LogP contribution is 2.24. The lowest BCUT2D eigenvalue weighted by Crippen LogP contribution is -2.28. The van der Waals surface area contributed by atoms with E-state index < -0.39 is 0 Å². The molecule has 0 aliphatic rings. The second kappa shape index (κ2) is 9.61. The number of hydrogen-bond acceptors (Lipinski definition) is 5. The van der Waals surface area contributed by atoms with Crippen molar-refractivity contribution in [1.82, 2.24) is 20.1 Å². The third kappa shape index (κ3) is 5.27. The fraction of sp³-hybridized carbons (Fsp3) is 0.250. The number of halogens is 1. The minimum Gasteiger partial charge on any atom is -0.484 e. The average molecular weight is 417 g/mol. The van der Waals surface area contributed by atoms with Crippen molar-refractivity contribution in [2.24, 2.45) is 7.05 Å². The standard InChI is InChI=1S/C20H21ClN4O2S/c1-14(15-8-4-3-5-9-15)22-19(26)13-28-20-24-23-18(25(20)2)12-27-17-11-7-6-10-16(17)21/h3-11,14H,12-13H2,1-2H3,(H,22,26)/t14-/m1/s1. The van der Waals surface area contributed by atoms with Crippen LogP contribution in [0.4, 0.5) is 0 Å². The van der Waals surface area contributed by atoms with Gasteiger partial charge >= 0.3 is 0 Å². The maximum Gasteiger partial charge on any atom is 0.230 e. The van der Waals surface area contributed by atoms with Gasteiger partial charge in [0.25, 0.3) is 0 Å². The van der Waals surface area contributed by atoms with Crippen molar-refractivity contribution in [2.45, 2.75) is 24.7 Å². The number of para-hydroxylation sites is 1. The highest BCUT2D eigenvalue weighted by molar-refractivity contribution is 7.99.